The predicted molar refractivity (Wildman–Crippen MR) is 49.3 cm³/mol. The Bertz CT molecular complexity index is 375. The van der Waals surface area contributed by atoms with Gasteiger partial charge in [0.25, 0.3) is 10.0 Å². The summed E-state index contributed by atoms with van der Waals surface area (Å²) in [6, 6.07) is 6.64. The Morgan fingerprint density at radius 3 is 2.31 bits per heavy atom. The van der Waals surface area contributed by atoms with Crippen molar-refractivity contribution in [2.24, 2.45) is 5.84 Å². The van der Waals surface area contributed by atoms with E-state index in [-0.39, 0.29) is 10.4 Å². The van der Waals surface area contributed by atoms with E-state index in [1.54, 1.807) is 30.0 Å². The molecule has 0 aliphatic rings. The summed E-state index contributed by atoms with van der Waals surface area (Å²) in [4.78, 5) is 1.99. The molecule has 5 nitrogen and oxygen atoms in total. The Kier molecular flexibility index (Phi) is 4.02. The molecule has 0 radical (unpaired) electrons. The van der Waals surface area contributed by atoms with Crippen LogP contribution in [0.2, 0.25) is 0 Å². The third-order valence-electron chi connectivity index (χ3n) is 1.54. The van der Waals surface area contributed by atoms with E-state index in [1.165, 1.54) is 6.07 Å². The van der Waals surface area contributed by atoms with Gasteiger partial charge in [0, 0.05) is 0 Å². The number of aryl methyl sites for hydroxylation is 1. The van der Waals surface area contributed by atoms with Crippen LogP contribution in [0.5, 0.6) is 0 Å². The van der Waals surface area contributed by atoms with E-state index in [0.717, 1.165) is 0 Å². The quantitative estimate of drug-likeness (QED) is 0.492. The van der Waals surface area contributed by atoms with Crippen molar-refractivity contribution in [2.75, 3.05) is 0 Å². The molecule has 5 N–H and O–H groups in total. The van der Waals surface area contributed by atoms with Crippen molar-refractivity contribution in [1.82, 2.24) is 4.83 Å². The summed E-state index contributed by atoms with van der Waals surface area (Å²) in [5.41, 5.74) is 0.676. The van der Waals surface area contributed by atoms with Crippen molar-refractivity contribution in [3.8, 4) is 0 Å². The van der Waals surface area contributed by atoms with Gasteiger partial charge in [-0.2, -0.15) is 4.83 Å². The topological polar surface area (TPSA) is 104 Å². The molecular weight excluding hydrogens is 192 g/mol. The molecule has 0 fully saturated rings. The van der Waals surface area contributed by atoms with Crippen molar-refractivity contribution in [2.45, 2.75) is 11.8 Å². The fourth-order valence-electron chi connectivity index (χ4n) is 0.921. The van der Waals surface area contributed by atoms with Gasteiger partial charge in [-0.3, -0.25) is 5.84 Å². The van der Waals surface area contributed by atoms with Gasteiger partial charge in [-0.25, -0.2) is 8.42 Å². The first kappa shape index (κ1) is 12.0. The van der Waals surface area contributed by atoms with Gasteiger partial charge in [0.1, 0.15) is 0 Å². The summed E-state index contributed by atoms with van der Waals surface area (Å²) in [5.74, 6) is 4.87. The van der Waals surface area contributed by atoms with Crippen LogP contribution in [-0.4, -0.2) is 13.9 Å². The summed E-state index contributed by atoms with van der Waals surface area (Å²) in [6.45, 7) is 1.71. The zero-order valence-corrected chi connectivity index (χ0v) is 7.93. The molecule has 0 spiro atoms. The van der Waals surface area contributed by atoms with Crippen LogP contribution in [0.4, 0.5) is 0 Å². The van der Waals surface area contributed by atoms with Crippen molar-refractivity contribution in [3.05, 3.63) is 29.8 Å². The van der Waals surface area contributed by atoms with Crippen LogP contribution in [0.25, 0.3) is 0 Å². The summed E-state index contributed by atoms with van der Waals surface area (Å²) < 4.78 is 22.4. The number of nitrogens with two attached hydrogens (primary N) is 1. The first-order valence-electron chi connectivity index (χ1n) is 3.36. The van der Waals surface area contributed by atoms with E-state index in [9.17, 15) is 8.42 Å². The summed E-state index contributed by atoms with van der Waals surface area (Å²) in [5, 5.41) is 0. The fraction of sp³-hybridized carbons (Fsp3) is 0.143. The van der Waals surface area contributed by atoms with Gasteiger partial charge in [-0.1, -0.05) is 18.2 Å². The van der Waals surface area contributed by atoms with Crippen molar-refractivity contribution < 1.29 is 13.9 Å². The minimum Gasteiger partial charge on any atom is -0.412 e. The Morgan fingerprint density at radius 1 is 1.31 bits per heavy atom. The second kappa shape index (κ2) is 4.33. The molecule has 0 bridgehead atoms. The molecule has 13 heavy (non-hydrogen) atoms. The van der Waals surface area contributed by atoms with E-state index < -0.39 is 10.0 Å². The Balaban J connectivity index is 0.00000144. The van der Waals surface area contributed by atoms with Crippen molar-refractivity contribution in [3.63, 3.8) is 0 Å². The zero-order chi connectivity index (χ0) is 9.19. The van der Waals surface area contributed by atoms with Crippen LogP contribution in [-0.2, 0) is 10.0 Å². The number of hydrogen-bond acceptors (Lipinski definition) is 3. The zero-order valence-electron chi connectivity index (χ0n) is 7.11. The van der Waals surface area contributed by atoms with Gasteiger partial charge in [0.15, 0.2) is 0 Å². The summed E-state index contributed by atoms with van der Waals surface area (Å²) in [6.07, 6.45) is 0. The third-order valence-corrected chi connectivity index (χ3v) is 2.89. The number of hydrogen-bond donors (Lipinski definition) is 2. The molecule has 0 aliphatic heterocycles. The maximum atomic E-state index is 11.2. The summed E-state index contributed by atoms with van der Waals surface area (Å²) in [7, 11) is -3.50. The lowest BCUT2D eigenvalue weighted by molar-refractivity contribution is 0.583. The number of sulfonamides is 1. The van der Waals surface area contributed by atoms with Crippen LogP contribution >= 0.6 is 0 Å². The highest BCUT2D eigenvalue weighted by molar-refractivity contribution is 7.89. The Morgan fingerprint density at radius 2 is 1.85 bits per heavy atom. The molecule has 0 unspecified atom stereocenters. The molecule has 0 heterocycles. The first-order valence-corrected chi connectivity index (χ1v) is 4.84. The first-order chi connectivity index (χ1) is 5.58. The van der Waals surface area contributed by atoms with Crippen LogP contribution in [0.1, 0.15) is 5.56 Å². The minimum atomic E-state index is -3.50. The number of rotatable bonds is 2. The van der Waals surface area contributed by atoms with Gasteiger partial charge < -0.3 is 5.48 Å². The van der Waals surface area contributed by atoms with Crippen LogP contribution < -0.4 is 10.7 Å². The van der Waals surface area contributed by atoms with Gasteiger partial charge in [-0.05, 0) is 18.6 Å². The fourth-order valence-corrected chi connectivity index (χ4v) is 1.80. The predicted octanol–water partition coefficient (Wildman–Crippen LogP) is -0.678. The highest BCUT2D eigenvalue weighted by Crippen LogP contribution is 2.12. The molecule has 0 atom stereocenters. The highest BCUT2D eigenvalue weighted by Gasteiger charge is 2.12. The van der Waals surface area contributed by atoms with Gasteiger partial charge in [0.05, 0.1) is 4.90 Å². The van der Waals surface area contributed by atoms with Crippen molar-refractivity contribution >= 4 is 10.0 Å². The average Bonchev–Trinajstić information content (AvgIpc) is 2.05. The molecule has 0 amide bonds. The second-order valence-electron chi connectivity index (χ2n) is 2.39. The number of hydrazine groups is 1. The lowest BCUT2D eigenvalue weighted by Crippen LogP contribution is -2.30. The SMILES string of the molecule is Cc1ccccc1S(=O)(=O)NN.O. The van der Waals surface area contributed by atoms with E-state index in [4.69, 9.17) is 5.84 Å². The second-order valence-corrected chi connectivity index (χ2v) is 4.07. The smallest absolute Gasteiger partial charge is 0.253 e. The molecule has 1 aromatic rings. The molecule has 0 saturated carbocycles. The molecular formula is C7H12N2O3S. The van der Waals surface area contributed by atoms with E-state index >= 15 is 0 Å². The minimum absolute atomic E-state index is 0. The van der Waals surface area contributed by atoms with Crippen LogP contribution in [0, 0.1) is 6.92 Å². The molecule has 0 saturated heterocycles. The Labute approximate surface area is 76.9 Å². The van der Waals surface area contributed by atoms with Crippen LogP contribution in [0.15, 0.2) is 29.2 Å². The van der Waals surface area contributed by atoms with Crippen LogP contribution in [0.3, 0.4) is 0 Å². The van der Waals surface area contributed by atoms with Gasteiger partial charge in [-0.15, -0.1) is 0 Å². The monoisotopic (exact) mass is 204 g/mol. The number of benzene rings is 1. The molecule has 1 rings (SSSR count). The Hall–Kier alpha value is -0.950. The van der Waals surface area contributed by atoms with E-state index in [0.29, 0.717) is 5.56 Å². The highest BCUT2D eigenvalue weighted by atomic mass is 32.2. The molecule has 0 aliphatic carbocycles. The van der Waals surface area contributed by atoms with E-state index in [1.807, 2.05) is 0 Å². The third kappa shape index (κ3) is 2.49. The lowest BCUT2D eigenvalue weighted by Gasteiger charge is -2.04. The molecule has 74 valence electrons. The standard InChI is InChI=1S/C7H10N2O2S.H2O/c1-6-4-2-3-5-7(6)12(10,11)9-8;/h2-5,9H,8H2,1H3;1H2. The largest absolute Gasteiger partial charge is 0.412 e. The normalized spacial score (nSPS) is 10.6. The van der Waals surface area contributed by atoms with Gasteiger partial charge in [0.2, 0.25) is 0 Å². The molecule has 0 aromatic heterocycles. The van der Waals surface area contributed by atoms with Gasteiger partial charge >= 0.3 is 0 Å². The average molecular weight is 204 g/mol. The summed E-state index contributed by atoms with van der Waals surface area (Å²) >= 11 is 0. The number of nitrogens with one attached hydrogen (secondary N) is 1. The molecule has 1 aromatic carbocycles. The van der Waals surface area contributed by atoms with Crippen molar-refractivity contribution in [1.29, 1.82) is 0 Å². The van der Waals surface area contributed by atoms with E-state index in [2.05, 4.69) is 0 Å². The molecule has 6 heteroatoms. The maximum absolute atomic E-state index is 11.2. The lowest BCUT2D eigenvalue weighted by atomic mass is 10.2. The maximum Gasteiger partial charge on any atom is 0.253 e.